The molecule has 0 spiro atoms. The van der Waals surface area contributed by atoms with Gasteiger partial charge < -0.3 is 0 Å². The van der Waals surface area contributed by atoms with Gasteiger partial charge in [-0.1, -0.05) is 68.0 Å². The zero-order chi connectivity index (χ0) is 15.9. The SMILES string of the molecule is CCC1=Cc2c(cccc2-c2ccc(CC)cc2)C1.[Cl][Zr][Cl]. The van der Waals surface area contributed by atoms with Gasteiger partial charge in [0.2, 0.25) is 0 Å². The number of hydrogen-bond acceptors (Lipinski definition) is 0. The molecule has 0 atom stereocenters. The van der Waals surface area contributed by atoms with E-state index in [0.29, 0.717) is 0 Å². The summed E-state index contributed by atoms with van der Waals surface area (Å²) in [4.78, 5) is 0. The van der Waals surface area contributed by atoms with Crippen molar-refractivity contribution in [3.8, 4) is 11.1 Å². The molecule has 0 aliphatic heterocycles. The van der Waals surface area contributed by atoms with E-state index in [9.17, 15) is 0 Å². The molecule has 0 nitrogen and oxygen atoms in total. The summed E-state index contributed by atoms with van der Waals surface area (Å²) in [5, 5.41) is 0. The van der Waals surface area contributed by atoms with Gasteiger partial charge in [0.1, 0.15) is 0 Å². The number of benzene rings is 2. The van der Waals surface area contributed by atoms with Crippen LogP contribution in [0.25, 0.3) is 17.2 Å². The minimum absolute atomic E-state index is 0.826. The summed E-state index contributed by atoms with van der Waals surface area (Å²) in [6, 6.07) is 15.7. The summed E-state index contributed by atoms with van der Waals surface area (Å²) in [6.07, 6.45) is 5.78. The van der Waals surface area contributed by atoms with E-state index in [1.807, 2.05) is 0 Å². The molecule has 0 aromatic heterocycles. The van der Waals surface area contributed by atoms with E-state index in [1.165, 1.54) is 27.8 Å². The molecule has 0 bridgehead atoms. The number of allylic oxidation sites excluding steroid dienone is 1. The average Bonchev–Trinajstić information content (AvgIpc) is 2.99. The summed E-state index contributed by atoms with van der Waals surface area (Å²) in [6.45, 7) is 4.44. The van der Waals surface area contributed by atoms with Gasteiger partial charge in [-0.3, -0.25) is 0 Å². The predicted molar refractivity (Wildman–Crippen MR) is 94.9 cm³/mol. The van der Waals surface area contributed by atoms with Crippen LogP contribution in [0.5, 0.6) is 0 Å². The first-order valence-corrected chi connectivity index (χ1v) is 13.9. The van der Waals surface area contributed by atoms with Crippen molar-refractivity contribution >= 4 is 23.1 Å². The molecule has 0 N–H and O–H groups in total. The van der Waals surface area contributed by atoms with Crippen LogP contribution in [0.1, 0.15) is 37.0 Å². The second-order valence-corrected chi connectivity index (χ2v) is 9.06. The Balaban J connectivity index is 0.000000545. The predicted octanol–water partition coefficient (Wildman–Crippen LogP) is 6.64. The van der Waals surface area contributed by atoms with E-state index in [4.69, 9.17) is 17.0 Å². The van der Waals surface area contributed by atoms with Gasteiger partial charge in [-0.2, -0.15) is 0 Å². The van der Waals surface area contributed by atoms with Crippen molar-refractivity contribution < 1.29 is 20.8 Å². The van der Waals surface area contributed by atoms with Crippen molar-refractivity contribution in [1.29, 1.82) is 0 Å². The first-order chi connectivity index (χ1) is 10.7. The molecule has 0 unspecified atom stereocenters. The Hall–Kier alpha value is -0.357. The Morgan fingerprint density at radius 2 is 1.64 bits per heavy atom. The van der Waals surface area contributed by atoms with Gasteiger partial charge in [-0.25, -0.2) is 0 Å². The molecule has 0 fully saturated rings. The van der Waals surface area contributed by atoms with Crippen molar-refractivity contribution in [3.05, 3.63) is 64.7 Å². The molecule has 3 rings (SSSR count). The topological polar surface area (TPSA) is 0 Å². The summed E-state index contributed by atoms with van der Waals surface area (Å²) in [7, 11) is 9.87. The molecule has 2 aromatic carbocycles. The molecule has 22 heavy (non-hydrogen) atoms. The van der Waals surface area contributed by atoms with Gasteiger partial charge in [0.25, 0.3) is 0 Å². The fourth-order valence-corrected chi connectivity index (χ4v) is 2.84. The van der Waals surface area contributed by atoms with E-state index in [-0.39, 0.29) is 0 Å². The average molecular weight is 410 g/mol. The normalized spacial score (nSPS) is 12.1. The molecule has 0 saturated carbocycles. The van der Waals surface area contributed by atoms with E-state index in [2.05, 4.69) is 62.4 Å². The van der Waals surface area contributed by atoms with Crippen LogP contribution in [-0.4, -0.2) is 0 Å². The van der Waals surface area contributed by atoms with E-state index >= 15 is 0 Å². The van der Waals surface area contributed by atoms with Gasteiger partial charge in [0.15, 0.2) is 0 Å². The first kappa shape index (κ1) is 18.0. The number of rotatable bonds is 3. The molecule has 0 saturated heterocycles. The van der Waals surface area contributed by atoms with E-state index in [0.717, 1.165) is 19.3 Å². The molecular formula is C19H20Cl2Zr. The number of aryl methyl sites for hydroxylation is 1. The van der Waals surface area contributed by atoms with Crippen LogP contribution in [0.15, 0.2) is 48.0 Å². The van der Waals surface area contributed by atoms with Gasteiger partial charge in [-0.05, 0) is 47.1 Å². The summed E-state index contributed by atoms with van der Waals surface area (Å²) in [5.41, 5.74) is 8.58. The van der Waals surface area contributed by atoms with Crippen LogP contribution in [-0.2, 0) is 33.7 Å². The molecule has 0 radical (unpaired) electrons. The molecule has 3 heteroatoms. The Morgan fingerprint density at radius 3 is 2.23 bits per heavy atom. The number of halogens is 2. The second kappa shape index (κ2) is 9.06. The van der Waals surface area contributed by atoms with Crippen molar-refractivity contribution in [2.45, 2.75) is 33.1 Å². The molecule has 0 heterocycles. The van der Waals surface area contributed by atoms with Gasteiger partial charge in [0.05, 0.1) is 0 Å². The maximum absolute atomic E-state index is 4.93. The Bertz CT molecular complexity index is 645. The summed E-state index contributed by atoms with van der Waals surface area (Å²) < 4.78 is 0. The summed E-state index contributed by atoms with van der Waals surface area (Å²) in [5.74, 6) is 0. The fraction of sp³-hybridized carbons (Fsp3) is 0.263. The van der Waals surface area contributed by atoms with Crippen molar-refractivity contribution in [2.24, 2.45) is 0 Å². The van der Waals surface area contributed by atoms with Crippen molar-refractivity contribution in [3.63, 3.8) is 0 Å². The number of fused-ring (bicyclic) bond motifs is 1. The Kier molecular flexibility index (Phi) is 7.41. The standard InChI is InChI=1S/C19H20.2ClH.Zr/c1-3-14-8-10-16(11-9-14)18-7-5-6-17-12-15(4-2)13-19(17)18;;;/h5-11,13H,3-4,12H2,1-2H3;2*1H;/q;;;+2/p-2. The third kappa shape index (κ3) is 4.34. The van der Waals surface area contributed by atoms with E-state index in [1.54, 1.807) is 5.57 Å². The Labute approximate surface area is 152 Å². The van der Waals surface area contributed by atoms with Crippen LogP contribution in [0, 0.1) is 0 Å². The maximum atomic E-state index is 4.93. The first-order valence-electron chi connectivity index (χ1n) is 7.60. The molecule has 1 aliphatic carbocycles. The monoisotopic (exact) mass is 408 g/mol. The van der Waals surface area contributed by atoms with Gasteiger partial charge >= 0.3 is 37.9 Å². The zero-order valence-electron chi connectivity index (χ0n) is 13.0. The van der Waals surface area contributed by atoms with Crippen LogP contribution in [0.2, 0.25) is 0 Å². The van der Waals surface area contributed by atoms with Crippen LogP contribution < -0.4 is 0 Å². The zero-order valence-corrected chi connectivity index (χ0v) is 17.0. The number of hydrogen-bond donors (Lipinski definition) is 0. The van der Waals surface area contributed by atoms with Crippen LogP contribution in [0.4, 0.5) is 0 Å². The van der Waals surface area contributed by atoms with Gasteiger partial charge in [-0.15, -0.1) is 0 Å². The molecule has 0 amide bonds. The van der Waals surface area contributed by atoms with Crippen LogP contribution in [0.3, 0.4) is 0 Å². The van der Waals surface area contributed by atoms with Crippen molar-refractivity contribution in [2.75, 3.05) is 0 Å². The quantitative estimate of drug-likeness (QED) is 0.532. The summed E-state index contributed by atoms with van der Waals surface area (Å²) >= 11 is -0.826. The van der Waals surface area contributed by atoms with Crippen molar-refractivity contribution in [1.82, 2.24) is 0 Å². The molecule has 1 aliphatic rings. The molecular weight excluding hydrogens is 390 g/mol. The van der Waals surface area contributed by atoms with Gasteiger partial charge in [0, 0.05) is 0 Å². The van der Waals surface area contributed by atoms with E-state index < -0.39 is 20.8 Å². The molecule has 114 valence electrons. The third-order valence-corrected chi connectivity index (χ3v) is 4.09. The minimum atomic E-state index is -0.826. The fourth-order valence-electron chi connectivity index (χ4n) is 2.84. The second-order valence-electron chi connectivity index (χ2n) is 5.33. The third-order valence-electron chi connectivity index (χ3n) is 4.09. The molecule has 2 aromatic rings. The van der Waals surface area contributed by atoms with Crippen LogP contribution >= 0.6 is 17.0 Å². The Morgan fingerprint density at radius 1 is 0.955 bits per heavy atom.